The lowest BCUT2D eigenvalue weighted by molar-refractivity contribution is 0.162. The Morgan fingerprint density at radius 2 is 1.74 bits per heavy atom. The first kappa shape index (κ1) is 16.4. The number of piperidine rings is 1. The van der Waals surface area contributed by atoms with E-state index in [4.69, 9.17) is 15.7 Å². The maximum absolute atomic E-state index is 9.00. The van der Waals surface area contributed by atoms with Crippen LogP contribution < -0.4 is 15.4 Å². The van der Waals surface area contributed by atoms with Crippen LogP contribution in [0, 0.1) is 0 Å². The van der Waals surface area contributed by atoms with Crippen LogP contribution in [0.3, 0.4) is 0 Å². The zero-order valence-electron chi connectivity index (χ0n) is 15.4. The van der Waals surface area contributed by atoms with Gasteiger partial charge in [-0.3, -0.25) is 0 Å². The summed E-state index contributed by atoms with van der Waals surface area (Å²) in [5.74, 6) is 1.70. The molecule has 2 saturated heterocycles. The maximum atomic E-state index is 9.00. The summed E-state index contributed by atoms with van der Waals surface area (Å²) in [6.45, 7) is 0. The average molecular weight is 364 g/mol. The molecule has 0 aliphatic carbocycles. The second-order valence-corrected chi connectivity index (χ2v) is 7.78. The van der Waals surface area contributed by atoms with E-state index in [0.29, 0.717) is 23.7 Å². The number of nitrogens with two attached hydrogens (primary N) is 1. The molecule has 2 unspecified atom stereocenters. The number of hydrogen-bond acceptors (Lipinski definition) is 5. The second kappa shape index (κ2) is 6.16. The summed E-state index contributed by atoms with van der Waals surface area (Å²) in [5.41, 5.74) is 8.61. The molecule has 6 heteroatoms. The van der Waals surface area contributed by atoms with Crippen molar-refractivity contribution in [3.05, 3.63) is 48.0 Å². The second-order valence-electron chi connectivity index (χ2n) is 7.78. The highest BCUT2D eigenvalue weighted by Gasteiger charge is 2.42. The molecule has 0 amide bonds. The van der Waals surface area contributed by atoms with E-state index in [-0.39, 0.29) is 5.84 Å². The number of hydrogen-bond donors (Lipinski definition) is 2. The molecule has 0 spiro atoms. The van der Waals surface area contributed by atoms with E-state index in [9.17, 15) is 0 Å². The van der Waals surface area contributed by atoms with Gasteiger partial charge >= 0.3 is 0 Å². The number of benzene rings is 2. The minimum Gasteiger partial charge on any atom is -0.453 e. The predicted molar refractivity (Wildman–Crippen MR) is 105 cm³/mol. The highest BCUT2D eigenvalue weighted by molar-refractivity contribution is 5.98. The van der Waals surface area contributed by atoms with Crippen LogP contribution in [0.4, 0.5) is 11.4 Å². The summed E-state index contributed by atoms with van der Waals surface area (Å²) in [7, 11) is 2.27. The fourth-order valence-electron chi connectivity index (χ4n) is 4.99. The SMILES string of the molecule is CN1C2CCC1CC(N1c3ccccc3Oc3cc(/C(N)=N/O)ccc31)C2. The van der Waals surface area contributed by atoms with Crippen LogP contribution in [0.1, 0.15) is 31.2 Å². The molecule has 3 aliphatic rings. The van der Waals surface area contributed by atoms with Crippen molar-refractivity contribution in [3.8, 4) is 11.5 Å². The van der Waals surface area contributed by atoms with Crippen molar-refractivity contribution in [2.45, 2.75) is 43.8 Å². The topological polar surface area (TPSA) is 74.3 Å². The van der Waals surface area contributed by atoms with Gasteiger partial charge in [0.1, 0.15) is 0 Å². The average Bonchev–Trinajstić information content (AvgIpc) is 2.91. The standard InChI is InChI=1S/C21H24N4O2/c1-24-14-7-8-15(24)12-16(11-14)25-17-4-2-3-5-19(17)27-20-10-13(21(22)23-26)6-9-18(20)25/h2-6,9-10,14-16,26H,7-8,11-12H2,1H3,(H2,22,23). The fraction of sp³-hybridized carbons (Fsp3) is 0.381. The summed E-state index contributed by atoms with van der Waals surface area (Å²) < 4.78 is 6.18. The quantitative estimate of drug-likeness (QED) is 0.368. The molecule has 0 aromatic heterocycles. The van der Waals surface area contributed by atoms with Gasteiger partial charge in [-0.1, -0.05) is 17.3 Å². The Labute approximate surface area is 158 Å². The van der Waals surface area contributed by atoms with E-state index < -0.39 is 0 Å². The highest BCUT2D eigenvalue weighted by Crippen LogP contribution is 2.50. The Morgan fingerprint density at radius 3 is 2.48 bits per heavy atom. The van der Waals surface area contributed by atoms with Gasteiger partial charge in [-0.25, -0.2) is 0 Å². The van der Waals surface area contributed by atoms with Gasteiger partial charge in [0.05, 0.1) is 11.4 Å². The lowest BCUT2D eigenvalue weighted by atomic mass is 9.94. The van der Waals surface area contributed by atoms with Gasteiger partial charge in [0.2, 0.25) is 0 Å². The largest absolute Gasteiger partial charge is 0.453 e. The minimum absolute atomic E-state index is 0.0872. The van der Waals surface area contributed by atoms with Crippen molar-refractivity contribution in [1.29, 1.82) is 0 Å². The van der Waals surface area contributed by atoms with Gasteiger partial charge < -0.3 is 25.5 Å². The molecule has 3 aliphatic heterocycles. The van der Waals surface area contributed by atoms with Gasteiger partial charge in [0, 0.05) is 23.7 Å². The number of oxime groups is 1. The van der Waals surface area contributed by atoms with Gasteiger partial charge in [0.15, 0.2) is 17.3 Å². The first-order valence-electron chi connectivity index (χ1n) is 9.55. The molecule has 3 N–H and O–H groups in total. The van der Waals surface area contributed by atoms with E-state index in [1.807, 2.05) is 30.3 Å². The normalized spacial score (nSPS) is 27.1. The van der Waals surface area contributed by atoms with Crippen molar-refractivity contribution >= 4 is 17.2 Å². The first-order chi connectivity index (χ1) is 13.2. The Bertz CT molecular complexity index is 899. The molecule has 140 valence electrons. The minimum atomic E-state index is 0.0872. The van der Waals surface area contributed by atoms with Crippen LogP contribution in [0.2, 0.25) is 0 Å². The Kier molecular flexibility index (Phi) is 3.75. The van der Waals surface area contributed by atoms with Crippen LogP contribution in [0.15, 0.2) is 47.6 Å². The van der Waals surface area contributed by atoms with Crippen LogP contribution in [-0.4, -0.2) is 41.1 Å². The zero-order valence-corrected chi connectivity index (χ0v) is 15.4. The Hall–Kier alpha value is -2.73. The fourth-order valence-corrected chi connectivity index (χ4v) is 4.99. The molecule has 6 nitrogen and oxygen atoms in total. The van der Waals surface area contributed by atoms with Gasteiger partial charge in [-0.05, 0) is 63.1 Å². The molecular formula is C21H24N4O2. The lowest BCUT2D eigenvalue weighted by Gasteiger charge is -2.45. The van der Waals surface area contributed by atoms with E-state index in [1.165, 1.54) is 12.8 Å². The molecule has 3 heterocycles. The molecule has 2 bridgehead atoms. The van der Waals surface area contributed by atoms with Crippen LogP contribution in [0.25, 0.3) is 0 Å². The number of anilines is 2. The van der Waals surface area contributed by atoms with E-state index in [2.05, 4.69) is 34.1 Å². The third kappa shape index (κ3) is 2.55. The van der Waals surface area contributed by atoms with Gasteiger partial charge in [-0.2, -0.15) is 0 Å². The third-order valence-corrected chi connectivity index (χ3v) is 6.41. The highest BCUT2D eigenvalue weighted by atomic mass is 16.5. The van der Waals surface area contributed by atoms with Crippen molar-refractivity contribution in [1.82, 2.24) is 4.90 Å². The van der Waals surface area contributed by atoms with Gasteiger partial charge in [-0.15, -0.1) is 0 Å². The number of amidine groups is 1. The van der Waals surface area contributed by atoms with E-state index in [1.54, 1.807) is 0 Å². The molecule has 0 radical (unpaired) electrons. The number of nitrogens with zero attached hydrogens (tertiary/aromatic N) is 3. The van der Waals surface area contributed by atoms with Crippen molar-refractivity contribution < 1.29 is 9.94 Å². The van der Waals surface area contributed by atoms with Crippen LogP contribution in [-0.2, 0) is 0 Å². The summed E-state index contributed by atoms with van der Waals surface area (Å²) in [4.78, 5) is 5.01. The summed E-state index contributed by atoms with van der Waals surface area (Å²) in [6, 6.07) is 15.7. The molecule has 2 aromatic rings. The zero-order chi connectivity index (χ0) is 18.5. The Balaban J connectivity index is 1.59. The van der Waals surface area contributed by atoms with Crippen molar-refractivity contribution in [3.63, 3.8) is 0 Å². The smallest absolute Gasteiger partial charge is 0.170 e. The summed E-state index contributed by atoms with van der Waals surface area (Å²) >= 11 is 0. The number of fused-ring (bicyclic) bond motifs is 4. The maximum Gasteiger partial charge on any atom is 0.170 e. The van der Waals surface area contributed by atoms with E-state index >= 15 is 0 Å². The third-order valence-electron chi connectivity index (χ3n) is 6.41. The van der Waals surface area contributed by atoms with Crippen molar-refractivity contribution in [2.75, 3.05) is 11.9 Å². The molecule has 2 fully saturated rings. The van der Waals surface area contributed by atoms with Crippen LogP contribution in [0.5, 0.6) is 11.5 Å². The molecule has 27 heavy (non-hydrogen) atoms. The first-order valence-corrected chi connectivity index (χ1v) is 9.55. The monoisotopic (exact) mass is 364 g/mol. The molecule has 2 atom stereocenters. The Morgan fingerprint density at radius 1 is 1.04 bits per heavy atom. The predicted octanol–water partition coefficient (Wildman–Crippen LogP) is 3.65. The summed E-state index contributed by atoms with van der Waals surface area (Å²) in [6.07, 6.45) is 4.89. The number of ether oxygens (including phenoxy) is 1. The molecule has 5 rings (SSSR count). The number of rotatable bonds is 2. The summed E-state index contributed by atoms with van der Waals surface area (Å²) in [5, 5.41) is 12.1. The van der Waals surface area contributed by atoms with Gasteiger partial charge in [0.25, 0.3) is 0 Å². The van der Waals surface area contributed by atoms with Crippen molar-refractivity contribution in [2.24, 2.45) is 10.9 Å². The van der Waals surface area contributed by atoms with Crippen LogP contribution >= 0.6 is 0 Å². The molecule has 2 aromatic carbocycles. The van der Waals surface area contributed by atoms with E-state index in [0.717, 1.165) is 35.7 Å². The lowest BCUT2D eigenvalue weighted by Crippen LogP contribution is -2.48. The number of para-hydroxylation sites is 2. The molecular weight excluding hydrogens is 340 g/mol. The molecule has 0 saturated carbocycles.